The number of benzene rings is 6. The van der Waals surface area contributed by atoms with Crippen LogP contribution in [0, 0.1) is 0 Å². The second kappa shape index (κ2) is 11.3. The maximum absolute atomic E-state index is 4.88. The molecule has 0 fully saturated rings. The monoisotopic (exact) mass is 580 g/mol. The summed E-state index contributed by atoms with van der Waals surface area (Å²) < 4.78 is 2.48. The Morgan fingerprint density at radius 3 is 1.68 bits per heavy atom. The molecule has 0 bridgehead atoms. The Bertz CT molecular complexity index is 2200. The van der Waals surface area contributed by atoms with Gasteiger partial charge in [0.1, 0.15) is 0 Å². The molecule has 0 aliphatic rings. The molecule has 44 heavy (non-hydrogen) atoms. The van der Waals surface area contributed by atoms with Gasteiger partial charge in [0.15, 0.2) is 0 Å². The third-order valence-corrected chi connectivity index (χ3v) is 9.24. The summed E-state index contributed by atoms with van der Waals surface area (Å²) in [6.07, 6.45) is 2.00. The summed E-state index contributed by atoms with van der Waals surface area (Å²) >= 11 is 1.80. The lowest BCUT2D eigenvalue weighted by atomic mass is 10.0. The topological polar surface area (TPSA) is 16.1 Å². The number of nitrogens with zero attached hydrogens (tertiary/aromatic N) is 2. The molecule has 8 rings (SSSR count). The van der Waals surface area contributed by atoms with Crippen molar-refractivity contribution in [3.63, 3.8) is 0 Å². The quantitative estimate of drug-likeness (QED) is 0.194. The molecule has 6 aromatic carbocycles. The molecular weight excluding hydrogens is 553 g/mol. The van der Waals surface area contributed by atoms with Gasteiger partial charge < -0.3 is 4.90 Å². The van der Waals surface area contributed by atoms with Gasteiger partial charge in [0.25, 0.3) is 0 Å². The van der Waals surface area contributed by atoms with Gasteiger partial charge in [-0.3, -0.25) is 4.98 Å². The van der Waals surface area contributed by atoms with Crippen LogP contribution in [-0.2, 0) is 0 Å². The fourth-order valence-electron chi connectivity index (χ4n) is 5.95. The number of hydrogen-bond donors (Lipinski definition) is 0. The largest absolute Gasteiger partial charge is 0.310 e. The van der Waals surface area contributed by atoms with Crippen LogP contribution in [0.2, 0.25) is 0 Å². The second-order valence-corrected chi connectivity index (χ2v) is 11.9. The summed E-state index contributed by atoms with van der Waals surface area (Å²) in [6.45, 7) is 0. The Morgan fingerprint density at radius 2 is 0.977 bits per heavy atom. The fraction of sp³-hybridized carbons (Fsp3) is 0. The lowest BCUT2D eigenvalue weighted by Crippen LogP contribution is -2.11. The molecule has 8 aromatic rings. The first kappa shape index (κ1) is 26.1. The molecule has 208 valence electrons. The number of hydrogen-bond acceptors (Lipinski definition) is 3. The van der Waals surface area contributed by atoms with Crippen molar-refractivity contribution in [3.8, 4) is 33.4 Å². The Labute approximate surface area is 261 Å². The van der Waals surface area contributed by atoms with E-state index in [1.165, 1.54) is 37.0 Å². The van der Waals surface area contributed by atoms with Crippen LogP contribution in [0.1, 0.15) is 0 Å². The minimum Gasteiger partial charge on any atom is -0.310 e. The van der Waals surface area contributed by atoms with Crippen LogP contribution in [0.3, 0.4) is 0 Å². The van der Waals surface area contributed by atoms with Gasteiger partial charge >= 0.3 is 0 Å². The van der Waals surface area contributed by atoms with Crippen molar-refractivity contribution in [2.75, 3.05) is 4.90 Å². The standard InChI is InChI=1S/C41H28N2S/c1-3-11-29(12-4-1)30-19-23-34(24-20-30)43(38-17-9-7-15-36(38)32-13-5-2-6-14-32)35-25-21-31(22-26-35)33-27-40-41(42-28-33)37-16-8-10-18-39(37)44-40/h1-28H. The molecule has 0 amide bonds. The van der Waals surface area contributed by atoms with Crippen molar-refractivity contribution in [2.24, 2.45) is 0 Å². The maximum Gasteiger partial charge on any atom is 0.0888 e. The normalized spacial score (nSPS) is 11.2. The smallest absolute Gasteiger partial charge is 0.0888 e. The lowest BCUT2D eigenvalue weighted by molar-refractivity contribution is 1.28. The van der Waals surface area contributed by atoms with Crippen molar-refractivity contribution in [2.45, 2.75) is 0 Å². The number of pyridine rings is 1. The van der Waals surface area contributed by atoms with E-state index in [2.05, 4.69) is 169 Å². The Balaban J connectivity index is 1.22. The number of para-hydroxylation sites is 1. The van der Waals surface area contributed by atoms with Crippen LogP contribution in [0.4, 0.5) is 17.1 Å². The van der Waals surface area contributed by atoms with Crippen LogP contribution in [0.25, 0.3) is 53.7 Å². The van der Waals surface area contributed by atoms with E-state index in [9.17, 15) is 0 Å². The highest BCUT2D eigenvalue weighted by molar-refractivity contribution is 7.25. The van der Waals surface area contributed by atoms with E-state index in [4.69, 9.17) is 4.98 Å². The average Bonchev–Trinajstić information content (AvgIpc) is 3.48. The molecule has 0 aliphatic carbocycles. The van der Waals surface area contributed by atoms with Gasteiger partial charge in [-0.25, -0.2) is 0 Å². The first-order valence-electron chi connectivity index (χ1n) is 14.8. The number of aromatic nitrogens is 1. The van der Waals surface area contributed by atoms with Gasteiger partial charge in [-0.1, -0.05) is 121 Å². The molecule has 0 aliphatic heterocycles. The summed E-state index contributed by atoms with van der Waals surface area (Å²) in [6, 6.07) is 58.3. The molecular formula is C41H28N2S. The summed E-state index contributed by atoms with van der Waals surface area (Å²) in [5, 5.41) is 1.22. The van der Waals surface area contributed by atoms with Crippen LogP contribution in [0.15, 0.2) is 170 Å². The zero-order chi connectivity index (χ0) is 29.3. The molecule has 2 aromatic heterocycles. The van der Waals surface area contributed by atoms with E-state index < -0.39 is 0 Å². The average molecular weight is 581 g/mol. The van der Waals surface area contributed by atoms with Gasteiger partial charge in [-0.05, 0) is 64.7 Å². The molecule has 0 radical (unpaired) electrons. The molecule has 0 saturated carbocycles. The van der Waals surface area contributed by atoms with E-state index in [-0.39, 0.29) is 0 Å². The second-order valence-electron chi connectivity index (χ2n) is 10.8. The first-order valence-corrected chi connectivity index (χ1v) is 15.6. The Hall–Kier alpha value is -5.51. The zero-order valence-electron chi connectivity index (χ0n) is 24.0. The van der Waals surface area contributed by atoms with Gasteiger partial charge in [-0.2, -0.15) is 0 Å². The predicted octanol–water partition coefficient (Wildman–Crippen LogP) is 11.9. The van der Waals surface area contributed by atoms with Crippen LogP contribution in [0.5, 0.6) is 0 Å². The Kier molecular flexibility index (Phi) is 6.71. The molecule has 0 saturated heterocycles. The number of rotatable bonds is 6. The van der Waals surface area contributed by atoms with Crippen molar-refractivity contribution in [1.29, 1.82) is 0 Å². The maximum atomic E-state index is 4.88. The van der Waals surface area contributed by atoms with Gasteiger partial charge in [-0.15, -0.1) is 11.3 Å². The van der Waals surface area contributed by atoms with E-state index in [0.29, 0.717) is 0 Å². The molecule has 3 heteroatoms. The van der Waals surface area contributed by atoms with E-state index in [1.807, 2.05) is 6.20 Å². The van der Waals surface area contributed by atoms with E-state index in [1.54, 1.807) is 11.3 Å². The zero-order valence-corrected chi connectivity index (χ0v) is 24.8. The third-order valence-electron chi connectivity index (χ3n) is 8.14. The SMILES string of the molecule is c1ccc(-c2ccc(N(c3ccc(-c4cnc5c(c4)sc4ccccc45)cc3)c3ccccc3-c3ccccc3)cc2)cc1. The van der Waals surface area contributed by atoms with Gasteiger partial charge in [0, 0.05) is 38.8 Å². The van der Waals surface area contributed by atoms with E-state index >= 15 is 0 Å². The van der Waals surface area contributed by atoms with Gasteiger partial charge in [0.05, 0.1) is 15.9 Å². The molecule has 0 N–H and O–H groups in total. The van der Waals surface area contributed by atoms with Crippen molar-refractivity contribution >= 4 is 48.7 Å². The highest BCUT2D eigenvalue weighted by Gasteiger charge is 2.17. The summed E-state index contributed by atoms with van der Waals surface area (Å²) in [5.74, 6) is 0. The predicted molar refractivity (Wildman–Crippen MR) is 188 cm³/mol. The highest BCUT2D eigenvalue weighted by Crippen LogP contribution is 2.42. The Morgan fingerprint density at radius 1 is 0.432 bits per heavy atom. The molecule has 0 unspecified atom stereocenters. The van der Waals surface area contributed by atoms with Crippen molar-refractivity contribution in [1.82, 2.24) is 4.98 Å². The van der Waals surface area contributed by atoms with Crippen LogP contribution < -0.4 is 4.90 Å². The minimum absolute atomic E-state index is 1.08. The van der Waals surface area contributed by atoms with Gasteiger partial charge in [0.2, 0.25) is 0 Å². The highest BCUT2D eigenvalue weighted by atomic mass is 32.1. The lowest BCUT2D eigenvalue weighted by Gasteiger charge is -2.28. The summed E-state index contributed by atoms with van der Waals surface area (Å²) in [4.78, 5) is 7.23. The molecule has 2 heterocycles. The van der Waals surface area contributed by atoms with Crippen molar-refractivity contribution in [3.05, 3.63) is 170 Å². The van der Waals surface area contributed by atoms with E-state index in [0.717, 1.165) is 33.7 Å². The first-order chi connectivity index (χ1) is 21.8. The van der Waals surface area contributed by atoms with Crippen LogP contribution in [-0.4, -0.2) is 4.98 Å². The van der Waals surface area contributed by atoms with Crippen molar-refractivity contribution < 1.29 is 0 Å². The molecule has 2 nitrogen and oxygen atoms in total. The minimum atomic E-state index is 1.08. The number of thiophene rings is 1. The van der Waals surface area contributed by atoms with Crippen LogP contribution >= 0.6 is 11.3 Å². The fourth-order valence-corrected chi connectivity index (χ4v) is 7.05. The molecule has 0 spiro atoms. The summed E-state index contributed by atoms with van der Waals surface area (Å²) in [5.41, 5.74) is 11.5. The summed E-state index contributed by atoms with van der Waals surface area (Å²) in [7, 11) is 0. The molecule has 0 atom stereocenters. The number of fused-ring (bicyclic) bond motifs is 3. The number of anilines is 3. The third kappa shape index (κ3) is 4.84.